The number of hydrogen-bond acceptors (Lipinski definition) is 5. The number of carbonyl (C=O) groups excluding carboxylic acids is 3. The van der Waals surface area contributed by atoms with E-state index in [9.17, 15) is 19.5 Å². The third-order valence-corrected chi connectivity index (χ3v) is 7.10. The maximum Gasteiger partial charge on any atom is 0.410 e. The van der Waals surface area contributed by atoms with Crippen LogP contribution in [0.2, 0.25) is 0 Å². The number of nitrogens with one attached hydrogen (secondary N) is 2. The van der Waals surface area contributed by atoms with Gasteiger partial charge in [0.25, 0.3) is 5.91 Å². The van der Waals surface area contributed by atoms with E-state index < -0.39 is 30.2 Å². The Morgan fingerprint density at radius 1 is 1.15 bits per heavy atom. The fraction of sp³-hybridized carbons (Fsp3) is 0.640. The molecule has 8 heteroatoms. The largest absolute Gasteiger partial charge is 0.445 e. The summed E-state index contributed by atoms with van der Waals surface area (Å²) >= 11 is 0. The van der Waals surface area contributed by atoms with Crippen molar-refractivity contribution in [1.82, 2.24) is 15.5 Å². The topological polar surface area (TPSA) is 108 Å². The van der Waals surface area contributed by atoms with Gasteiger partial charge in [0.1, 0.15) is 12.6 Å². The molecule has 1 aromatic carbocycles. The van der Waals surface area contributed by atoms with Gasteiger partial charge in [0.05, 0.1) is 6.04 Å². The third-order valence-electron chi connectivity index (χ3n) is 7.10. The summed E-state index contributed by atoms with van der Waals surface area (Å²) in [6, 6.07) is 8.26. The Kier molecular flexibility index (Phi) is 7.53. The van der Waals surface area contributed by atoms with Gasteiger partial charge in [0.2, 0.25) is 5.91 Å². The molecule has 3 amide bonds. The van der Waals surface area contributed by atoms with Crippen molar-refractivity contribution in [3.8, 4) is 0 Å². The van der Waals surface area contributed by atoms with Crippen molar-refractivity contribution in [2.75, 3.05) is 6.54 Å². The first kappa shape index (κ1) is 23.5. The van der Waals surface area contributed by atoms with Crippen LogP contribution in [0.5, 0.6) is 0 Å². The monoisotopic (exact) mass is 457 g/mol. The average Bonchev–Trinajstić information content (AvgIpc) is 3.38. The minimum Gasteiger partial charge on any atom is -0.445 e. The van der Waals surface area contributed by atoms with Crippen LogP contribution in [0.4, 0.5) is 4.79 Å². The molecule has 3 aliphatic rings. The first-order valence-electron chi connectivity index (χ1n) is 12.2. The summed E-state index contributed by atoms with van der Waals surface area (Å²) in [6.07, 6.45) is 4.14. The molecule has 33 heavy (non-hydrogen) atoms. The Bertz CT molecular complexity index is 844. The summed E-state index contributed by atoms with van der Waals surface area (Å²) in [7, 11) is 0. The lowest BCUT2D eigenvalue weighted by atomic mass is 9.93. The maximum absolute atomic E-state index is 13.4. The molecule has 1 aliphatic heterocycles. The minimum atomic E-state index is -1.31. The quantitative estimate of drug-likeness (QED) is 0.528. The lowest BCUT2D eigenvalue weighted by Crippen LogP contribution is -2.56. The number of aliphatic hydroxyl groups is 1. The molecule has 5 unspecified atom stereocenters. The van der Waals surface area contributed by atoms with Gasteiger partial charge in [-0.1, -0.05) is 50.1 Å². The molecule has 0 bridgehead atoms. The number of amides is 3. The van der Waals surface area contributed by atoms with Gasteiger partial charge in [-0.2, -0.15) is 0 Å². The van der Waals surface area contributed by atoms with E-state index in [2.05, 4.69) is 10.6 Å². The summed E-state index contributed by atoms with van der Waals surface area (Å²) in [6.45, 7) is 2.60. The molecule has 0 radical (unpaired) electrons. The molecular weight excluding hydrogens is 422 g/mol. The van der Waals surface area contributed by atoms with Crippen molar-refractivity contribution in [1.29, 1.82) is 0 Å². The maximum atomic E-state index is 13.4. The molecule has 0 aromatic heterocycles. The van der Waals surface area contributed by atoms with Crippen LogP contribution >= 0.6 is 0 Å². The molecule has 2 saturated carbocycles. The van der Waals surface area contributed by atoms with Crippen molar-refractivity contribution in [3.05, 3.63) is 35.9 Å². The van der Waals surface area contributed by atoms with E-state index in [-0.39, 0.29) is 30.4 Å². The van der Waals surface area contributed by atoms with Gasteiger partial charge in [0.15, 0.2) is 6.10 Å². The van der Waals surface area contributed by atoms with Gasteiger partial charge >= 0.3 is 6.09 Å². The second-order valence-corrected chi connectivity index (χ2v) is 9.62. The zero-order chi connectivity index (χ0) is 23.4. The van der Waals surface area contributed by atoms with Crippen LogP contribution in [-0.4, -0.2) is 58.7 Å². The Morgan fingerprint density at radius 2 is 1.91 bits per heavy atom. The van der Waals surface area contributed by atoms with E-state index in [4.69, 9.17) is 4.74 Å². The van der Waals surface area contributed by atoms with Crippen molar-refractivity contribution in [2.24, 2.45) is 11.8 Å². The SMILES string of the molecule is CCCC(NC(=O)C1C2CCCC2CN1C(=O)OCc1ccccc1)C(O)C(=O)NC1CC1. The van der Waals surface area contributed by atoms with E-state index in [1.807, 2.05) is 37.3 Å². The fourth-order valence-corrected chi connectivity index (χ4v) is 5.22. The second kappa shape index (κ2) is 10.5. The van der Waals surface area contributed by atoms with Crippen LogP contribution in [0, 0.1) is 11.8 Å². The Labute approximate surface area is 195 Å². The summed E-state index contributed by atoms with van der Waals surface area (Å²) in [4.78, 5) is 40.3. The van der Waals surface area contributed by atoms with Gasteiger partial charge in [-0.15, -0.1) is 0 Å². The highest BCUT2D eigenvalue weighted by Gasteiger charge is 2.50. The smallest absolute Gasteiger partial charge is 0.410 e. The Balaban J connectivity index is 1.42. The zero-order valence-corrected chi connectivity index (χ0v) is 19.2. The van der Waals surface area contributed by atoms with E-state index >= 15 is 0 Å². The highest BCUT2D eigenvalue weighted by molar-refractivity contribution is 5.88. The van der Waals surface area contributed by atoms with E-state index in [1.54, 1.807) is 4.90 Å². The van der Waals surface area contributed by atoms with Crippen LogP contribution in [0.3, 0.4) is 0 Å². The summed E-state index contributed by atoms with van der Waals surface area (Å²) in [5, 5.41) is 16.3. The summed E-state index contributed by atoms with van der Waals surface area (Å²) in [5.74, 6) is -0.398. The number of hydrogen-bond donors (Lipinski definition) is 3. The highest BCUT2D eigenvalue weighted by Crippen LogP contribution is 2.42. The van der Waals surface area contributed by atoms with Crippen LogP contribution in [0.15, 0.2) is 30.3 Å². The normalized spacial score (nSPS) is 25.8. The van der Waals surface area contributed by atoms with Gasteiger partial charge in [-0.3, -0.25) is 14.5 Å². The molecule has 1 aromatic rings. The number of benzene rings is 1. The van der Waals surface area contributed by atoms with Gasteiger partial charge in [-0.25, -0.2) is 4.79 Å². The number of nitrogens with zero attached hydrogens (tertiary/aromatic N) is 1. The van der Waals surface area contributed by atoms with E-state index in [0.29, 0.717) is 19.4 Å². The summed E-state index contributed by atoms with van der Waals surface area (Å²) < 4.78 is 5.54. The standard InChI is InChI=1S/C25H35N3O5/c1-2-7-20(22(29)24(31)26-18-12-13-18)27-23(30)21-19-11-6-10-17(19)14-28(21)25(32)33-15-16-8-4-3-5-9-16/h3-5,8-9,17-22,29H,2,6-7,10-15H2,1H3,(H,26,31)(H,27,30). The van der Waals surface area contributed by atoms with Crippen molar-refractivity contribution >= 4 is 17.9 Å². The van der Waals surface area contributed by atoms with Crippen LogP contribution < -0.4 is 10.6 Å². The molecule has 3 fully saturated rings. The van der Waals surface area contributed by atoms with E-state index in [1.165, 1.54) is 0 Å². The van der Waals surface area contributed by atoms with Crippen molar-refractivity contribution < 1.29 is 24.2 Å². The number of ether oxygens (including phenoxy) is 1. The molecular formula is C25H35N3O5. The molecule has 0 spiro atoms. The van der Waals surface area contributed by atoms with E-state index in [0.717, 1.165) is 37.7 Å². The second-order valence-electron chi connectivity index (χ2n) is 9.62. The Hall–Kier alpha value is -2.61. The molecule has 8 nitrogen and oxygen atoms in total. The van der Waals surface area contributed by atoms with Gasteiger partial charge in [-0.05, 0) is 49.5 Å². The summed E-state index contributed by atoms with van der Waals surface area (Å²) in [5.41, 5.74) is 0.888. The molecule has 5 atom stereocenters. The van der Waals surface area contributed by atoms with Gasteiger partial charge < -0.3 is 20.5 Å². The molecule has 1 saturated heterocycles. The molecule has 2 aliphatic carbocycles. The van der Waals surface area contributed by atoms with Crippen LogP contribution in [0.1, 0.15) is 57.4 Å². The lowest BCUT2D eigenvalue weighted by molar-refractivity contribution is -0.133. The predicted molar refractivity (Wildman–Crippen MR) is 122 cm³/mol. The molecule has 3 N–H and O–H groups in total. The fourth-order valence-electron chi connectivity index (χ4n) is 5.22. The number of aliphatic hydroxyl groups excluding tert-OH is 1. The molecule has 180 valence electrons. The van der Waals surface area contributed by atoms with Crippen LogP contribution in [-0.2, 0) is 20.9 Å². The molecule has 4 rings (SSSR count). The first-order valence-corrected chi connectivity index (χ1v) is 12.2. The zero-order valence-electron chi connectivity index (χ0n) is 19.2. The Morgan fingerprint density at radius 3 is 2.61 bits per heavy atom. The van der Waals surface area contributed by atoms with Crippen molar-refractivity contribution in [2.45, 2.75) is 82.7 Å². The predicted octanol–water partition coefficient (Wildman–Crippen LogP) is 2.35. The van der Waals surface area contributed by atoms with Gasteiger partial charge in [0, 0.05) is 12.6 Å². The lowest BCUT2D eigenvalue weighted by Gasteiger charge is -2.30. The highest BCUT2D eigenvalue weighted by atomic mass is 16.6. The minimum absolute atomic E-state index is 0.0778. The number of likely N-dealkylation sites (tertiary alicyclic amines) is 1. The van der Waals surface area contributed by atoms with Crippen LogP contribution in [0.25, 0.3) is 0 Å². The first-order chi connectivity index (χ1) is 16.0. The van der Waals surface area contributed by atoms with Crippen molar-refractivity contribution in [3.63, 3.8) is 0 Å². The number of fused-ring (bicyclic) bond motifs is 1. The number of carbonyl (C=O) groups is 3. The number of rotatable bonds is 9. The average molecular weight is 458 g/mol. The molecule has 1 heterocycles. The third kappa shape index (κ3) is 5.66.